The summed E-state index contributed by atoms with van der Waals surface area (Å²) in [7, 11) is -3.15. The minimum absolute atomic E-state index is 0.0123. The zero-order valence-electron chi connectivity index (χ0n) is 10.1. The Bertz CT molecular complexity index is 356. The highest BCUT2D eigenvalue weighted by atomic mass is 32.2. The fourth-order valence-corrected chi connectivity index (χ4v) is 3.96. The van der Waals surface area contributed by atoms with E-state index in [2.05, 4.69) is 0 Å². The first-order valence-electron chi connectivity index (χ1n) is 5.89. The molecule has 6 heteroatoms. The van der Waals surface area contributed by atoms with Crippen molar-refractivity contribution in [3.63, 3.8) is 0 Å². The maximum absolute atomic E-state index is 11.8. The van der Waals surface area contributed by atoms with E-state index in [0.717, 1.165) is 0 Å². The highest BCUT2D eigenvalue weighted by molar-refractivity contribution is 7.91. The first-order valence-corrected chi connectivity index (χ1v) is 7.71. The molecule has 0 unspecified atom stereocenters. The normalized spacial score (nSPS) is 17.9. The molecule has 1 rings (SSSR count). The topological polar surface area (TPSA) is 80.7 Å². The SMILES string of the molecule is CCOCCCS(=O)(=O)CC1(CC(=O)O)CC1. The van der Waals surface area contributed by atoms with Gasteiger partial charge in [0.2, 0.25) is 0 Å². The molecule has 0 aromatic carbocycles. The van der Waals surface area contributed by atoms with Crippen LogP contribution in [-0.2, 0) is 19.4 Å². The minimum Gasteiger partial charge on any atom is -0.481 e. The summed E-state index contributed by atoms with van der Waals surface area (Å²) in [4.78, 5) is 10.6. The Morgan fingerprint density at radius 3 is 2.53 bits per heavy atom. The third kappa shape index (κ3) is 5.50. The van der Waals surface area contributed by atoms with Gasteiger partial charge in [-0.3, -0.25) is 4.79 Å². The van der Waals surface area contributed by atoms with Crippen LogP contribution in [0, 0.1) is 5.41 Å². The van der Waals surface area contributed by atoms with E-state index in [1.54, 1.807) is 0 Å². The third-order valence-electron chi connectivity index (χ3n) is 2.96. The van der Waals surface area contributed by atoms with E-state index in [9.17, 15) is 13.2 Å². The van der Waals surface area contributed by atoms with Crippen LogP contribution in [0.5, 0.6) is 0 Å². The molecule has 0 amide bonds. The highest BCUT2D eigenvalue weighted by Crippen LogP contribution is 2.49. The molecular weight excluding hydrogens is 244 g/mol. The molecule has 0 atom stereocenters. The predicted octanol–water partition coefficient (Wildman–Crippen LogP) is 1.08. The van der Waals surface area contributed by atoms with Crippen molar-refractivity contribution in [1.29, 1.82) is 0 Å². The minimum atomic E-state index is -3.15. The lowest BCUT2D eigenvalue weighted by Crippen LogP contribution is -2.23. The van der Waals surface area contributed by atoms with Gasteiger partial charge < -0.3 is 9.84 Å². The van der Waals surface area contributed by atoms with Gasteiger partial charge >= 0.3 is 5.97 Å². The van der Waals surface area contributed by atoms with Crippen molar-refractivity contribution >= 4 is 15.8 Å². The number of hydrogen-bond donors (Lipinski definition) is 1. The van der Waals surface area contributed by atoms with Gasteiger partial charge in [-0.05, 0) is 31.6 Å². The lowest BCUT2D eigenvalue weighted by atomic mass is 10.1. The van der Waals surface area contributed by atoms with E-state index in [4.69, 9.17) is 9.84 Å². The standard InChI is InChI=1S/C11H20O5S/c1-2-16-6-3-7-17(14,15)9-11(4-5-11)8-10(12)13/h2-9H2,1H3,(H,12,13). The first kappa shape index (κ1) is 14.4. The van der Waals surface area contributed by atoms with Crippen LogP contribution in [-0.4, -0.2) is 44.2 Å². The summed E-state index contributed by atoms with van der Waals surface area (Å²) in [6.45, 7) is 2.89. The Balaban J connectivity index is 2.36. The van der Waals surface area contributed by atoms with E-state index in [0.29, 0.717) is 32.5 Å². The number of sulfone groups is 1. The van der Waals surface area contributed by atoms with Crippen molar-refractivity contribution in [2.45, 2.75) is 32.6 Å². The number of carbonyl (C=O) groups is 1. The summed E-state index contributed by atoms with van der Waals surface area (Å²) in [5.41, 5.74) is -0.476. The maximum Gasteiger partial charge on any atom is 0.303 e. The molecule has 100 valence electrons. The van der Waals surface area contributed by atoms with Crippen molar-refractivity contribution in [2.75, 3.05) is 24.7 Å². The van der Waals surface area contributed by atoms with Crippen molar-refractivity contribution in [2.24, 2.45) is 5.41 Å². The van der Waals surface area contributed by atoms with Gasteiger partial charge in [0, 0.05) is 13.2 Å². The van der Waals surface area contributed by atoms with Crippen LogP contribution in [0.1, 0.15) is 32.6 Å². The zero-order valence-corrected chi connectivity index (χ0v) is 11.0. The summed E-state index contributed by atoms with van der Waals surface area (Å²) in [5, 5.41) is 8.72. The largest absolute Gasteiger partial charge is 0.481 e. The third-order valence-corrected chi connectivity index (χ3v) is 4.92. The van der Waals surface area contributed by atoms with Gasteiger partial charge in [0.1, 0.15) is 0 Å². The molecule has 17 heavy (non-hydrogen) atoms. The Labute approximate surface area is 102 Å². The van der Waals surface area contributed by atoms with Gasteiger partial charge in [-0.15, -0.1) is 0 Å². The molecule has 0 radical (unpaired) electrons. The van der Waals surface area contributed by atoms with Crippen LogP contribution in [0.2, 0.25) is 0 Å². The summed E-state index contributed by atoms with van der Waals surface area (Å²) in [5.74, 6) is -0.806. The average Bonchev–Trinajstić information content (AvgIpc) is 2.90. The second-order valence-electron chi connectivity index (χ2n) is 4.71. The van der Waals surface area contributed by atoms with Crippen LogP contribution < -0.4 is 0 Å². The van der Waals surface area contributed by atoms with Crippen LogP contribution in [0.4, 0.5) is 0 Å². The maximum atomic E-state index is 11.8. The molecule has 0 saturated heterocycles. The van der Waals surface area contributed by atoms with Crippen LogP contribution in [0.25, 0.3) is 0 Å². The molecule has 1 saturated carbocycles. The number of rotatable bonds is 9. The number of aliphatic carboxylic acids is 1. The Morgan fingerprint density at radius 2 is 2.06 bits per heavy atom. The number of carboxylic acid groups (broad SMARTS) is 1. The van der Waals surface area contributed by atoms with E-state index < -0.39 is 21.2 Å². The molecule has 1 N–H and O–H groups in total. The van der Waals surface area contributed by atoms with Crippen molar-refractivity contribution in [3.8, 4) is 0 Å². The van der Waals surface area contributed by atoms with Crippen LogP contribution in [0.3, 0.4) is 0 Å². The van der Waals surface area contributed by atoms with Gasteiger partial charge in [0.15, 0.2) is 9.84 Å². The van der Waals surface area contributed by atoms with Gasteiger partial charge in [-0.2, -0.15) is 0 Å². The quantitative estimate of drug-likeness (QED) is 0.630. The highest BCUT2D eigenvalue weighted by Gasteiger charge is 2.47. The fraction of sp³-hybridized carbons (Fsp3) is 0.909. The molecule has 5 nitrogen and oxygen atoms in total. The average molecular weight is 264 g/mol. The Kier molecular flexibility index (Phi) is 4.94. The van der Waals surface area contributed by atoms with Crippen molar-refractivity contribution < 1.29 is 23.1 Å². The molecule has 0 spiro atoms. The van der Waals surface area contributed by atoms with Crippen molar-refractivity contribution in [3.05, 3.63) is 0 Å². The summed E-state index contributed by atoms with van der Waals surface area (Å²) < 4.78 is 28.6. The number of hydrogen-bond acceptors (Lipinski definition) is 4. The summed E-state index contributed by atoms with van der Waals surface area (Å²) in [6.07, 6.45) is 1.88. The molecule has 0 bridgehead atoms. The molecule has 1 aliphatic rings. The Hall–Kier alpha value is -0.620. The van der Waals surface area contributed by atoms with Gasteiger partial charge in [-0.25, -0.2) is 8.42 Å². The summed E-state index contributed by atoms with van der Waals surface area (Å²) >= 11 is 0. The summed E-state index contributed by atoms with van der Waals surface area (Å²) in [6, 6.07) is 0. The van der Waals surface area contributed by atoms with Crippen molar-refractivity contribution in [1.82, 2.24) is 0 Å². The lowest BCUT2D eigenvalue weighted by molar-refractivity contribution is -0.138. The van der Waals surface area contributed by atoms with E-state index in [-0.39, 0.29) is 17.9 Å². The predicted molar refractivity (Wildman–Crippen MR) is 63.7 cm³/mol. The monoisotopic (exact) mass is 264 g/mol. The molecule has 0 heterocycles. The molecule has 1 aliphatic carbocycles. The Morgan fingerprint density at radius 1 is 1.41 bits per heavy atom. The second kappa shape index (κ2) is 5.82. The second-order valence-corrected chi connectivity index (χ2v) is 6.90. The number of carboxylic acids is 1. The van der Waals surface area contributed by atoms with E-state index >= 15 is 0 Å². The van der Waals surface area contributed by atoms with Crippen LogP contribution >= 0.6 is 0 Å². The molecule has 1 fully saturated rings. The first-order chi connectivity index (χ1) is 7.89. The zero-order chi connectivity index (χ0) is 12.9. The molecular formula is C11H20O5S. The van der Waals surface area contributed by atoms with Gasteiger partial charge in [0.05, 0.1) is 17.9 Å². The lowest BCUT2D eigenvalue weighted by Gasteiger charge is -2.12. The van der Waals surface area contributed by atoms with Crippen LogP contribution in [0.15, 0.2) is 0 Å². The van der Waals surface area contributed by atoms with Gasteiger partial charge in [-0.1, -0.05) is 0 Å². The smallest absolute Gasteiger partial charge is 0.303 e. The molecule has 0 aromatic rings. The molecule has 0 aromatic heterocycles. The van der Waals surface area contributed by atoms with E-state index in [1.807, 2.05) is 6.92 Å². The molecule has 0 aliphatic heterocycles. The van der Waals surface area contributed by atoms with E-state index in [1.165, 1.54) is 0 Å². The number of ether oxygens (including phenoxy) is 1. The van der Waals surface area contributed by atoms with Gasteiger partial charge in [0.25, 0.3) is 0 Å². The fourth-order valence-electron chi connectivity index (χ4n) is 1.93.